The number of aromatic nitrogens is 1. The van der Waals surface area contributed by atoms with E-state index < -0.39 is 17.5 Å². The lowest BCUT2D eigenvalue weighted by Crippen LogP contribution is -2.13. The van der Waals surface area contributed by atoms with E-state index in [2.05, 4.69) is 10.3 Å². The van der Waals surface area contributed by atoms with Crippen molar-refractivity contribution in [3.63, 3.8) is 0 Å². The van der Waals surface area contributed by atoms with Crippen LogP contribution in [0.1, 0.15) is 15.9 Å². The molecule has 0 unspecified atom stereocenters. The second-order valence-corrected chi connectivity index (χ2v) is 5.42. The third-order valence-corrected chi connectivity index (χ3v) is 3.85. The Kier molecular flexibility index (Phi) is 3.53. The minimum absolute atomic E-state index is 0.129. The Morgan fingerprint density at radius 2 is 2.05 bits per heavy atom. The molecule has 0 bridgehead atoms. The van der Waals surface area contributed by atoms with E-state index in [1.54, 1.807) is 6.07 Å². The number of thiazole rings is 1. The first-order valence-electron chi connectivity index (χ1n) is 6.14. The molecule has 22 heavy (non-hydrogen) atoms. The highest BCUT2D eigenvalue weighted by Crippen LogP contribution is 2.27. The van der Waals surface area contributed by atoms with E-state index in [4.69, 9.17) is 5.26 Å². The van der Waals surface area contributed by atoms with Crippen LogP contribution in [-0.4, -0.2) is 10.9 Å². The van der Waals surface area contributed by atoms with Crippen LogP contribution in [0.2, 0.25) is 0 Å². The maximum absolute atomic E-state index is 13.8. The summed E-state index contributed by atoms with van der Waals surface area (Å²) in [6.45, 7) is 0. The van der Waals surface area contributed by atoms with Gasteiger partial charge in [-0.05, 0) is 36.4 Å². The lowest BCUT2D eigenvalue weighted by Gasteiger charge is -2.03. The number of hydrogen-bond acceptors (Lipinski definition) is 4. The van der Waals surface area contributed by atoms with E-state index in [1.165, 1.54) is 30.3 Å². The molecule has 0 saturated heterocycles. The van der Waals surface area contributed by atoms with E-state index in [9.17, 15) is 13.6 Å². The van der Waals surface area contributed by atoms with Crippen LogP contribution < -0.4 is 5.32 Å². The number of fused-ring (bicyclic) bond motifs is 1. The van der Waals surface area contributed by atoms with Gasteiger partial charge in [0, 0.05) is 0 Å². The summed E-state index contributed by atoms with van der Waals surface area (Å²) in [5.74, 6) is -1.86. The van der Waals surface area contributed by atoms with Gasteiger partial charge >= 0.3 is 0 Å². The van der Waals surface area contributed by atoms with Gasteiger partial charge in [0.2, 0.25) is 0 Å². The van der Waals surface area contributed by atoms with Gasteiger partial charge in [0.25, 0.3) is 5.91 Å². The molecule has 0 atom stereocenters. The highest BCUT2D eigenvalue weighted by Gasteiger charge is 2.14. The van der Waals surface area contributed by atoms with Crippen LogP contribution >= 0.6 is 11.3 Å². The van der Waals surface area contributed by atoms with Crippen molar-refractivity contribution in [2.75, 3.05) is 5.32 Å². The zero-order valence-corrected chi connectivity index (χ0v) is 11.7. The maximum atomic E-state index is 13.8. The summed E-state index contributed by atoms with van der Waals surface area (Å²) in [5, 5.41) is 11.4. The number of rotatable bonds is 2. The van der Waals surface area contributed by atoms with Crippen LogP contribution in [0.4, 0.5) is 13.9 Å². The number of nitrogens with one attached hydrogen (secondary N) is 1. The molecule has 4 nitrogen and oxygen atoms in total. The second kappa shape index (κ2) is 5.50. The molecule has 3 rings (SSSR count). The number of carbonyl (C=O) groups is 1. The topological polar surface area (TPSA) is 65.8 Å². The van der Waals surface area contributed by atoms with E-state index in [0.717, 1.165) is 17.4 Å². The van der Waals surface area contributed by atoms with Crippen molar-refractivity contribution in [2.24, 2.45) is 0 Å². The number of amides is 1. The molecule has 0 saturated carbocycles. The normalized spacial score (nSPS) is 10.4. The fourth-order valence-electron chi connectivity index (χ4n) is 1.89. The lowest BCUT2D eigenvalue weighted by molar-refractivity contribution is 0.102. The minimum Gasteiger partial charge on any atom is -0.298 e. The Morgan fingerprint density at radius 1 is 1.23 bits per heavy atom. The smallest absolute Gasteiger partial charge is 0.260 e. The summed E-state index contributed by atoms with van der Waals surface area (Å²) < 4.78 is 27.5. The molecule has 1 aromatic heterocycles. The first-order chi connectivity index (χ1) is 10.6. The number of hydrogen-bond donors (Lipinski definition) is 1. The van der Waals surface area contributed by atoms with Crippen molar-refractivity contribution >= 4 is 32.6 Å². The average Bonchev–Trinajstić information content (AvgIpc) is 2.88. The van der Waals surface area contributed by atoms with Crippen LogP contribution in [0.5, 0.6) is 0 Å². The Morgan fingerprint density at radius 3 is 2.77 bits per heavy atom. The number of nitrogens with zero attached hydrogens (tertiary/aromatic N) is 2. The molecule has 2 aromatic carbocycles. The van der Waals surface area contributed by atoms with Gasteiger partial charge in [0.05, 0.1) is 27.4 Å². The second-order valence-electron chi connectivity index (χ2n) is 4.39. The summed E-state index contributed by atoms with van der Waals surface area (Å²) in [6, 6.07) is 9.44. The van der Waals surface area contributed by atoms with Crippen molar-refractivity contribution in [3.8, 4) is 6.07 Å². The highest BCUT2D eigenvalue weighted by molar-refractivity contribution is 7.22. The predicted octanol–water partition coefficient (Wildman–Crippen LogP) is 3.70. The summed E-state index contributed by atoms with van der Waals surface area (Å²) >= 11 is 1.09. The van der Waals surface area contributed by atoms with Crippen LogP contribution in [0.3, 0.4) is 0 Å². The number of anilines is 1. The third-order valence-electron chi connectivity index (χ3n) is 2.91. The Balaban J connectivity index is 1.88. The number of nitriles is 1. The van der Waals surface area contributed by atoms with E-state index in [-0.39, 0.29) is 16.3 Å². The SMILES string of the molecule is N#Cc1ccc(C(=O)Nc2nc3ccc(F)cc3s2)c(F)c1. The molecule has 0 aliphatic carbocycles. The molecule has 0 aliphatic heterocycles. The molecular weight excluding hydrogens is 308 g/mol. The maximum Gasteiger partial charge on any atom is 0.260 e. The van der Waals surface area contributed by atoms with Crippen LogP contribution in [0.15, 0.2) is 36.4 Å². The number of carbonyl (C=O) groups excluding carboxylic acids is 1. The molecule has 0 spiro atoms. The highest BCUT2D eigenvalue weighted by atomic mass is 32.1. The van der Waals surface area contributed by atoms with Gasteiger partial charge in [-0.3, -0.25) is 10.1 Å². The van der Waals surface area contributed by atoms with Crippen molar-refractivity contribution < 1.29 is 13.6 Å². The predicted molar refractivity (Wildman–Crippen MR) is 78.6 cm³/mol. The van der Waals surface area contributed by atoms with Crippen molar-refractivity contribution in [3.05, 3.63) is 59.2 Å². The van der Waals surface area contributed by atoms with Gasteiger partial charge in [-0.15, -0.1) is 0 Å². The first kappa shape index (κ1) is 14.1. The molecule has 1 amide bonds. The Labute approximate surface area is 127 Å². The molecule has 0 aliphatic rings. The molecule has 108 valence electrons. The minimum atomic E-state index is -0.788. The van der Waals surface area contributed by atoms with E-state index >= 15 is 0 Å². The van der Waals surface area contributed by atoms with Crippen LogP contribution in [-0.2, 0) is 0 Å². The molecule has 1 heterocycles. The fourth-order valence-corrected chi connectivity index (χ4v) is 2.77. The van der Waals surface area contributed by atoms with Crippen LogP contribution in [0.25, 0.3) is 10.2 Å². The summed E-state index contributed by atoms with van der Waals surface area (Å²) in [5.41, 5.74) is 0.482. The lowest BCUT2D eigenvalue weighted by atomic mass is 10.1. The molecule has 1 N–H and O–H groups in total. The van der Waals surface area contributed by atoms with E-state index in [1.807, 2.05) is 0 Å². The molecular formula is C15H7F2N3OS. The largest absolute Gasteiger partial charge is 0.298 e. The fraction of sp³-hybridized carbons (Fsp3) is 0. The zero-order valence-electron chi connectivity index (χ0n) is 10.9. The number of halogens is 2. The van der Waals surface area contributed by atoms with Crippen molar-refractivity contribution in [1.29, 1.82) is 5.26 Å². The average molecular weight is 315 g/mol. The van der Waals surface area contributed by atoms with Gasteiger partial charge in [0.15, 0.2) is 5.13 Å². The summed E-state index contributed by atoms with van der Waals surface area (Å²) in [7, 11) is 0. The van der Waals surface area contributed by atoms with Gasteiger partial charge in [0.1, 0.15) is 11.6 Å². The van der Waals surface area contributed by atoms with Gasteiger partial charge in [-0.2, -0.15) is 5.26 Å². The van der Waals surface area contributed by atoms with Crippen LogP contribution in [0, 0.1) is 23.0 Å². The summed E-state index contributed by atoms with van der Waals surface area (Å²) in [4.78, 5) is 16.2. The van der Waals surface area contributed by atoms with Crippen molar-refractivity contribution in [2.45, 2.75) is 0 Å². The molecule has 0 radical (unpaired) electrons. The third kappa shape index (κ3) is 2.64. The Hall–Kier alpha value is -2.85. The quantitative estimate of drug-likeness (QED) is 0.784. The number of benzene rings is 2. The van der Waals surface area contributed by atoms with Crippen molar-refractivity contribution in [1.82, 2.24) is 4.98 Å². The van der Waals surface area contributed by atoms with E-state index in [0.29, 0.717) is 10.2 Å². The Bertz CT molecular complexity index is 930. The standard InChI is InChI=1S/C15H7F2N3OS/c16-9-2-4-12-13(6-9)22-15(19-12)20-14(21)10-3-1-8(7-18)5-11(10)17/h1-6H,(H,19,20,21). The summed E-state index contributed by atoms with van der Waals surface area (Å²) in [6.07, 6.45) is 0. The molecule has 3 aromatic rings. The first-order valence-corrected chi connectivity index (χ1v) is 6.95. The van der Waals surface area contributed by atoms with Gasteiger partial charge in [-0.1, -0.05) is 11.3 Å². The molecule has 7 heteroatoms. The monoisotopic (exact) mass is 315 g/mol. The molecule has 0 fully saturated rings. The van der Waals surface area contributed by atoms with Gasteiger partial charge < -0.3 is 0 Å². The zero-order chi connectivity index (χ0) is 15.7. The van der Waals surface area contributed by atoms with Gasteiger partial charge in [-0.25, -0.2) is 13.8 Å².